The van der Waals surface area contributed by atoms with Crippen LogP contribution in [0.3, 0.4) is 0 Å². The minimum absolute atomic E-state index is 0.0954. The molecule has 0 spiro atoms. The Balaban J connectivity index is 2.59. The topological polar surface area (TPSA) is 106 Å². The van der Waals surface area contributed by atoms with Crippen LogP contribution in [0.4, 0.5) is 11.4 Å². The van der Waals surface area contributed by atoms with Crippen molar-refractivity contribution in [1.29, 1.82) is 5.26 Å². The Bertz CT molecular complexity index is 771. The molecule has 0 aromatic heterocycles. The third-order valence-electron chi connectivity index (χ3n) is 3.04. The van der Waals surface area contributed by atoms with Crippen LogP contribution in [0.5, 0.6) is 5.75 Å². The molecule has 2 aromatic carbocycles. The predicted molar refractivity (Wildman–Crippen MR) is 92.7 cm³/mol. The van der Waals surface area contributed by atoms with E-state index in [1.165, 1.54) is 6.07 Å². The van der Waals surface area contributed by atoms with Crippen LogP contribution in [0.25, 0.3) is 0 Å². The molecule has 23 heavy (non-hydrogen) atoms. The highest BCUT2D eigenvalue weighted by molar-refractivity contribution is 9.10. The maximum Gasteiger partial charge on any atom is 0.200 e. The molecule has 0 aliphatic carbocycles. The summed E-state index contributed by atoms with van der Waals surface area (Å²) in [4.78, 5) is 5.65. The van der Waals surface area contributed by atoms with Crippen molar-refractivity contribution in [2.45, 2.75) is 0 Å². The molecule has 0 amide bonds. The summed E-state index contributed by atoms with van der Waals surface area (Å²) in [5.41, 5.74) is 7.44. The molecule has 2 rings (SSSR count). The highest BCUT2D eigenvalue weighted by Gasteiger charge is 2.19. The molecule has 0 saturated heterocycles. The number of aliphatic hydroxyl groups is 1. The van der Waals surface area contributed by atoms with E-state index in [0.717, 1.165) is 4.47 Å². The van der Waals surface area contributed by atoms with E-state index >= 15 is 0 Å². The van der Waals surface area contributed by atoms with Gasteiger partial charge in [0.1, 0.15) is 5.75 Å². The maximum atomic E-state index is 10.3. The number of aromatic hydroxyl groups is 1. The third kappa shape index (κ3) is 3.80. The Morgan fingerprint density at radius 3 is 2.61 bits per heavy atom. The fourth-order valence-corrected chi connectivity index (χ4v) is 2.49. The van der Waals surface area contributed by atoms with E-state index in [-0.39, 0.29) is 24.9 Å². The standard InChI is InChI=1S/C16H15BrN4O2/c17-12-3-1-2-4-13(12)21(16(19)20-7-8-22)14-6-5-11(10-18)9-15(14)23/h1-6,9,22-23H,7-8H2,(H2,19,20). The molecule has 4 N–H and O–H groups in total. The first-order valence-electron chi connectivity index (χ1n) is 6.77. The minimum Gasteiger partial charge on any atom is -0.506 e. The predicted octanol–water partition coefficient (Wildman–Crippen LogP) is 2.47. The molecule has 0 saturated carbocycles. The van der Waals surface area contributed by atoms with Crippen molar-refractivity contribution in [3.63, 3.8) is 0 Å². The van der Waals surface area contributed by atoms with Crippen LogP contribution in [0.1, 0.15) is 5.56 Å². The average Bonchev–Trinajstić information content (AvgIpc) is 2.56. The summed E-state index contributed by atoms with van der Waals surface area (Å²) in [6, 6.07) is 13.8. The van der Waals surface area contributed by atoms with Crippen LogP contribution < -0.4 is 10.6 Å². The number of aliphatic imine (C=N–C) groups is 1. The van der Waals surface area contributed by atoms with Gasteiger partial charge in [0.15, 0.2) is 0 Å². The van der Waals surface area contributed by atoms with E-state index in [4.69, 9.17) is 16.1 Å². The minimum atomic E-state index is -0.135. The molecular weight excluding hydrogens is 360 g/mol. The van der Waals surface area contributed by atoms with Crippen molar-refractivity contribution < 1.29 is 10.2 Å². The normalized spacial score (nSPS) is 11.1. The Morgan fingerprint density at radius 2 is 2.00 bits per heavy atom. The number of halogens is 1. The zero-order chi connectivity index (χ0) is 16.8. The van der Waals surface area contributed by atoms with Crippen molar-refractivity contribution in [3.05, 3.63) is 52.5 Å². The second kappa shape index (κ2) is 7.63. The van der Waals surface area contributed by atoms with Gasteiger partial charge in [-0.3, -0.25) is 9.89 Å². The smallest absolute Gasteiger partial charge is 0.200 e. The van der Waals surface area contributed by atoms with Crippen LogP contribution >= 0.6 is 15.9 Å². The van der Waals surface area contributed by atoms with Crippen LogP contribution in [-0.4, -0.2) is 29.3 Å². The molecule has 118 valence electrons. The Morgan fingerprint density at radius 1 is 1.26 bits per heavy atom. The van der Waals surface area contributed by atoms with Gasteiger partial charge in [-0.1, -0.05) is 12.1 Å². The highest BCUT2D eigenvalue weighted by Crippen LogP contribution is 2.37. The number of hydrogen-bond donors (Lipinski definition) is 3. The SMILES string of the molecule is N#Cc1ccc(N(C(N)=NCCO)c2ccccc2Br)c(O)c1. The van der Waals surface area contributed by atoms with Gasteiger partial charge in [-0.2, -0.15) is 5.26 Å². The molecule has 0 heterocycles. The summed E-state index contributed by atoms with van der Waals surface area (Å²) >= 11 is 3.45. The number of aliphatic hydroxyl groups excluding tert-OH is 1. The first kappa shape index (κ1) is 16.8. The molecule has 0 atom stereocenters. The number of benzene rings is 2. The summed E-state index contributed by atoms with van der Waals surface area (Å²) in [5, 5.41) is 28.1. The second-order valence-corrected chi connectivity index (χ2v) is 5.42. The van der Waals surface area contributed by atoms with Gasteiger partial charge in [0.05, 0.1) is 36.2 Å². The Hall–Kier alpha value is -2.56. The van der Waals surface area contributed by atoms with E-state index in [0.29, 0.717) is 16.9 Å². The Labute approximate surface area is 142 Å². The maximum absolute atomic E-state index is 10.3. The monoisotopic (exact) mass is 374 g/mol. The van der Waals surface area contributed by atoms with Gasteiger partial charge in [0.25, 0.3) is 0 Å². The fourth-order valence-electron chi connectivity index (χ4n) is 2.03. The lowest BCUT2D eigenvalue weighted by Gasteiger charge is -2.25. The summed E-state index contributed by atoms with van der Waals surface area (Å²) < 4.78 is 0.755. The summed E-state index contributed by atoms with van der Waals surface area (Å²) in [6.45, 7) is 0.00762. The van der Waals surface area contributed by atoms with Crippen LogP contribution in [0.15, 0.2) is 51.9 Å². The van der Waals surface area contributed by atoms with E-state index in [2.05, 4.69) is 20.9 Å². The van der Waals surface area contributed by atoms with Crippen molar-refractivity contribution in [2.24, 2.45) is 10.7 Å². The number of rotatable bonds is 4. The third-order valence-corrected chi connectivity index (χ3v) is 3.71. The largest absolute Gasteiger partial charge is 0.506 e. The Kier molecular flexibility index (Phi) is 5.57. The average molecular weight is 375 g/mol. The van der Waals surface area contributed by atoms with Crippen LogP contribution in [-0.2, 0) is 0 Å². The van der Waals surface area contributed by atoms with Gasteiger partial charge < -0.3 is 15.9 Å². The molecule has 7 heteroatoms. The molecule has 0 bridgehead atoms. The number of para-hydroxylation sites is 1. The summed E-state index contributed by atoms with van der Waals surface area (Å²) in [7, 11) is 0. The fraction of sp³-hybridized carbons (Fsp3) is 0.125. The lowest BCUT2D eigenvalue weighted by Crippen LogP contribution is -2.34. The van der Waals surface area contributed by atoms with Crippen molar-refractivity contribution in [2.75, 3.05) is 18.1 Å². The van der Waals surface area contributed by atoms with E-state index < -0.39 is 0 Å². The zero-order valence-electron chi connectivity index (χ0n) is 12.1. The quantitative estimate of drug-likeness (QED) is 0.562. The number of hydrogen-bond acceptors (Lipinski definition) is 4. The molecule has 0 aliphatic heterocycles. The number of nitrogens with two attached hydrogens (primary N) is 1. The zero-order valence-corrected chi connectivity index (χ0v) is 13.7. The number of phenolic OH excluding ortho intramolecular Hbond substituents is 1. The lowest BCUT2D eigenvalue weighted by molar-refractivity contribution is 0.307. The first-order valence-corrected chi connectivity index (χ1v) is 7.56. The number of nitriles is 1. The molecule has 0 fully saturated rings. The number of guanidine groups is 1. The molecule has 6 nitrogen and oxygen atoms in total. The summed E-state index contributed by atoms with van der Waals surface area (Å²) in [6.07, 6.45) is 0. The van der Waals surface area contributed by atoms with Gasteiger partial charge in [-0.25, -0.2) is 0 Å². The van der Waals surface area contributed by atoms with Crippen LogP contribution in [0.2, 0.25) is 0 Å². The second-order valence-electron chi connectivity index (χ2n) is 4.57. The van der Waals surface area contributed by atoms with Crippen LogP contribution in [0, 0.1) is 11.3 Å². The van der Waals surface area contributed by atoms with E-state index in [1.807, 2.05) is 30.3 Å². The van der Waals surface area contributed by atoms with Gasteiger partial charge in [0, 0.05) is 4.47 Å². The molecule has 0 radical (unpaired) electrons. The van der Waals surface area contributed by atoms with Gasteiger partial charge >= 0.3 is 0 Å². The van der Waals surface area contributed by atoms with Gasteiger partial charge in [0.2, 0.25) is 5.96 Å². The van der Waals surface area contributed by atoms with E-state index in [1.54, 1.807) is 17.0 Å². The highest BCUT2D eigenvalue weighted by atomic mass is 79.9. The lowest BCUT2D eigenvalue weighted by atomic mass is 10.1. The summed E-state index contributed by atoms with van der Waals surface area (Å²) in [5.74, 6) is 0.0212. The van der Waals surface area contributed by atoms with Gasteiger partial charge in [-0.15, -0.1) is 0 Å². The molecule has 0 unspecified atom stereocenters. The number of nitrogens with zero attached hydrogens (tertiary/aromatic N) is 3. The molecular formula is C16H15BrN4O2. The van der Waals surface area contributed by atoms with Gasteiger partial charge in [-0.05, 0) is 46.3 Å². The van der Waals surface area contributed by atoms with Crippen molar-refractivity contribution in [1.82, 2.24) is 0 Å². The first-order chi connectivity index (χ1) is 11.1. The number of anilines is 2. The van der Waals surface area contributed by atoms with Crippen molar-refractivity contribution in [3.8, 4) is 11.8 Å². The molecule has 2 aromatic rings. The van der Waals surface area contributed by atoms with Crippen molar-refractivity contribution >= 4 is 33.3 Å². The molecule has 0 aliphatic rings. The number of phenols is 1. The van der Waals surface area contributed by atoms with E-state index in [9.17, 15) is 5.11 Å².